The van der Waals surface area contributed by atoms with E-state index in [1.54, 1.807) is 0 Å². The number of hydrogen-bond donors (Lipinski definition) is 2. The van der Waals surface area contributed by atoms with E-state index in [-0.39, 0.29) is 0 Å². The summed E-state index contributed by atoms with van der Waals surface area (Å²) in [7, 11) is 0. The number of ether oxygens (including phenoxy) is 3. The van der Waals surface area contributed by atoms with Gasteiger partial charge in [-0.3, -0.25) is 4.99 Å². The largest absolute Gasteiger partial charge is 0.490 e. The van der Waals surface area contributed by atoms with Gasteiger partial charge in [0.15, 0.2) is 17.5 Å². The fourth-order valence-electron chi connectivity index (χ4n) is 3.42. The Bertz CT molecular complexity index is 600. The Morgan fingerprint density at radius 2 is 1.93 bits per heavy atom. The minimum absolute atomic E-state index is 0.468. The lowest BCUT2D eigenvalue weighted by Crippen LogP contribution is -2.30. The Hall–Kier alpha value is -1.95. The topological polar surface area (TPSA) is 64.1 Å². The maximum atomic E-state index is 5.98. The molecular weight excluding hydrogens is 342 g/mol. The Balaban J connectivity index is 1.47. The van der Waals surface area contributed by atoms with Crippen molar-refractivity contribution in [1.82, 2.24) is 5.32 Å². The molecule has 1 saturated carbocycles. The van der Waals surface area contributed by atoms with E-state index in [2.05, 4.69) is 22.5 Å². The highest BCUT2D eigenvalue weighted by Crippen LogP contribution is 2.32. The van der Waals surface area contributed by atoms with Crippen molar-refractivity contribution >= 4 is 11.6 Å². The smallest absolute Gasteiger partial charge is 0.195 e. The monoisotopic (exact) mass is 375 g/mol. The van der Waals surface area contributed by atoms with Crippen LogP contribution in [0.25, 0.3) is 0 Å². The minimum Gasteiger partial charge on any atom is -0.490 e. The fourth-order valence-corrected chi connectivity index (χ4v) is 3.42. The van der Waals surface area contributed by atoms with Gasteiger partial charge in [-0.1, -0.05) is 19.3 Å². The molecule has 0 amide bonds. The van der Waals surface area contributed by atoms with Crippen molar-refractivity contribution in [2.75, 3.05) is 38.2 Å². The number of nitrogens with one attached hydrogen (secondary N) is 2. The van der Waals surface area contributed by atoms with Crippen molar-refractivity contribution in [3.8, 4) is 11.5 Å². The van der Waals surface area contributed by atoms with Gasteiger partial charge in [-0.15, -0.1) is 0 Å². The summed E-state index contributed by atoms with van der Waals surface area (Å²) >= 11 is 0. The van der Waals surface area contributed by atoms with Gasteiger partial charge in [0, 0.05) is 37.9 Å². The molecule has 1 heterocycles. The first kappa shape index (κ1) is 19.8. The van der Waals surface area contributed by atoms with E-state index < -0.39 is 0 Å². The Morgan fingerprint density at radius 3 is 2.74 bits per heavy atom. The third kappa shape index (κ3) is 6.61. The standard InChI is InChI=1S/C21H33N3O3/c1-2-22-21(23-12-6-13-25-18-8-4-3-5-9-18)24-17-10-11-19-20(16-17)27-15-7-14-26-19/h10-11,16,18H,2-9,12-15H2,1H3,(H2,22,23,24). The zero-order chi connectivity index (χ0) is 18.7. The molecule has 2 aliphatic rings. The van der Waals surface area contributed by atoms with E-state index in [4.69, 9.17) is 14.2 Å². The first-order chi connectivity index (χ1) is 13.3. The van der Waals surface area contributed by atoms with E-state index in [1.807, 2.05) is 18.2 Å². The normalized spacial score (nSPS) is 18.0. The predicted octanol–water partition coefficient (Wildman–Crippen LogP) is 3.96. The molecule has 0 unspecified atom stereocenters. The molecule has 1 aliphatic heterocycles. The molecule has 0 atom stereocenters. The van der Waals surface area contributed by atoms with Gasteiger partial charge in [0.05, 0.1) is 19.3 Å². The third-order valence-corrected chi connectivity index (χ3v) is 4.83. The molecule has 0 bridgehead atoms. The number of hydrogen-bond acceptors (Lipinski definition) is 4. The van der Waals surface area contributed by atoms with Crippen LogP contribution in [0.2, 0.25) is 0 Å². The molecule has 1 fully saturated rings. The van der Waals surface area contributed by atoms with Gasteiger partial charge in [-0.25, -0.2) is 0 Å². The van der Waals surface area contributed by atoms with Crippen LogP contribution in [0.3, 0.4) is 0 Å². The van der Waals surface area contributed by atoms with Gasteiger partial charge < -0.3 is 24.8 Å². The summed E-state index contributed by atoms with van der Waals surface area (Å²) < 4.78 is 17.4. The Morgan fingerprint density at radius 1 is 1.11 bits per heavy atom. The van der Waals surface area contributed by atoms with E-state index in [0.717, 1.165) is 55.7 Å². The van der Waals surface area contributed by atoms with Gasteiger partial charge in [-0.05, 0) is 38.3 Å². The highest BCUT2D eigenvalue weighted by atomic mass is 16.5. The van der Waals surface area contributed by atoms with Crippen LogP contribution in [0, 0.1) is 0 Å². The summed E-state index contributed by atoms with van der Waals surface area (Å²) in [4.78, 5) is 4.66. The molecule has 2 N–H and O–H groups in total. The van der Waals surface area contributed by atoms with Crippen LogP contribution in [0.1, 0.15) is 51.9 Å². The zero-order valence-corrected chi connectivity index (χ0v) is 16.5. The lowest BCUT2D eigenvalue weighted by Gasteiger charge is -2.21. The number of aliphatic imine (C=N–C) groups is 1. The number of rotatable bonds is 7. The molecule has 0 saturated heterocycles. The molecule has 0 aromatic heterocycles. The van der Waals surface area contributed by atoms with E-state index in [1.165, 1.54) is 32.1 Å². The Kier molecular flexibility index (Phi) is 8.08. The second kappa shape index (κ2) is 11.0. The predicted molar refractivity (Wildman–Crippen MR) is 109 cm³/mol. The minimum atomic E-state index is 0.468. The quantitative estimate of drug-likeness (QED) is 0.429. The van der Waals surface area contributed by atoms with Crippen LogP contribution >= 0.6 is 0 Å². The number of benzene rings is 1. The van der Waals surface area contributed by atoms with Crippen molar-refractivity contribution in [3.05, 3.63) is 18.2 Å². The second-order valence-electron chi connectivity index (χ2n) is 7.08. The lowest BCUT2D eigenvalue weighted by molar-refractivity contribution is 0.0281. The van der Waals surface area contributed by atoms with Crippen LogP contribution in [0.4, 0.5) is 5.69 Å². The summed E-state index contributed by atoms with van der Waals surface area (Å²) in [5.74, 6) is 2.37. The van der Waals surface area contributed by atoms with Crippen molar-refractivity contribution in [2.45, 2.75) is 58.0 Å². The highest BCUT2D eigenvalue weighted by Gasteiger charge is 2.13. The first-order valence-electron chi connectivity index (χ1n) is 10.4. The van der Waals surface area contributed by atoms with Gasteiger partial charge in [0.25, 0.3) is 0 Å². The van der Waals surface area contributed by atoms with E-state index in [9.17, 15) is 0 Å². The molecule has 0 radical (unpaired) electrons. The van der Waals surface area contributed by atoms with Crippen LogP contribution < -0.4 is 20.1 Å². The van der Waals surface area contributed by atoms with Crippen LogP contribution in [0.15, 0.2) is 23.2 Å². The van der Waals surface area contributed by atoms with Crippen molar-refractivity contribution in [3.63, 3.8) is 0 Å². The van der Waals surface area contributed by atoms with Crippen LogP contribution in [0.5, 0.6) is 11.5 Å². The van der Waals surface area contributed by atoms with Gasteiger partial charge in [0.2, 0.25) is 0 Å². The highest BCUT2D eigenvalue weighted by molar-refractivity contribution is 5.93. The molecule has 1 aromatic rings. The molecular formula is C21H33N3O3. The van der Waals surface area contributed by atoms with Crippen LogP contribution in [-0.4, -0.2) is 45.0 Å². The molecule has 150 valence electrons. The molecule has 1 aliphatic carbocycles. The first-order valence-corrected chi connectivity index (χ1v) is 10.4. The average molecular weight is 376 g/mol. The Labute approximate surface area is 162 Å². The van der Waals surface area contributed by atoms with Crippen molar-refractivity contribution in [1.29, 1.82) is 0 Å². The number of guanidine groups is 1. The van der Waals surface area contributed by atoms with Gasteiger partial charge in [-0.2, -0.15) is 0 Å². The number of nitrogens with zero attached hydrogens (tertiary/aromatic N) is 1. The maximum Gasteiger partial charge on any atom is 0.195 e. The molecule has 0 spiro atoms. The summed E-state index contributed by atoms with van der Waals surface area (Å²) in [6, 6.07) is 5.91. The van der Waals surface area contributed by atoms with Crippen LogP contribution in [-0.2, 0) is 4.74 Å². The molecule has 6 nitrogen and oxygen atoms in total. The van der Waals surface area contributed by atoms with Crippen molar-refractivity contribution < 1.29 is 14.2 Å². The molecule has 27 heavy (non-hydrogen) atoms. The van der Waals surface area contributed by atoms with E-state index in [0.29, 0.717) is 19.3 Å². The molecule has 6 heteroatoms. The van der Waals surface area contributed by atoms with Crippen molar-refractivity contribution in [2.24, 2.45) is 4.99 Å². The number of fused-ring (bicyclic) bond motifs is 1. The SMILES string of the molecule is CCNC(=NCCCOC1CCCCC1)Nc1ccc2c(c1)OCCCO2. The second-order valence-corrected chi connectivity index (χ2v) is 7.08. The molecule has 1 aromatic carbocycles. The zero-order valence-electron chi connectivity index (χ0n) is 16.5. The van der Waals surface area contributed by atoms with Gasteiger partial charge in [0.1, 0.15) is 0 Å². The third-order valence-electron chi connectivity index (χ3n) is 4.83. The lowest BCUT2D eigenvalue weighted by atomic mass is 9.98. The average Bonchev–Trinajstić information content (AvgIpc) is 2.93. The number of anilines is 1. The summed E-state index contributed by atoms with van der Waals surface area (Å²) in [6.07, 6.45) is 8.74. The fraction of sp³-hybridized carbons (Fsp3) is 0.667. The van der Waals surface area contributed by atoms with E-state index >= 15 is 0 Å². The summed E-state index contributed by atoms with van der Waals surface area (Å²) in [5.41, 5.74) is 0.942. The maximum absolute atomic E-state index is 5.98. The van der Waals surface area contributed by atoms with Gasteiger partial charge >= 0.3 is 0 Å². The summed E-state index contributed by atoms with van der Waals surface area (Å²) in [5, 5.41) is 6.64. The molecule has 3 rings (SSSR count). The summed E-state index contributed by atoms with van der Waals surface area (Å²) in [6.45, 7) is 5.80.